The summed E-state index contributed by atoms with van der Waals surface area (Å²) in [5, 5.41) is 9.26. The van der Waals surface area contributed by atoms with Crippen molar-refractivity contribution in [2.45, 2.75) is 31.6 Å². The number of carboxylic acid groups (broad SMARTS) is 1. The van der Waals surface area contributed by atoms with Crippen LogP contribution in [0, 0.1) is 11.7 Å². The molecular weight excluding hydrogens is 249 g/mol. The summed E-state index contributed by atoms with van der Waals surface area (Å²) >= 11 is 0. The van der Waals surface area contributed by atoms with Crippen LogP contribution in [0.1, 0.15) is 37.5 Å². The Bertz CT molecular complexity index is 622. The number of hydrogen-bond donors (Lipinski definition) is 1. The quantitative estimate of drug-likeness (QED) is 0.902. The molecule has 2 unspecified atom stereocenters. The summed E-state index contributed by atoms with van der Waals surface area (Å²) in [4.78, 5) is 15.5. The smallest absolute Gasteiger partial charge is 0.307 e. The van der Waals surface area contributed by atoms with Gasteiger partial charge in [-0.1, -0.05) is 12.8 Å². The van der Waals surface area contributed by atoms with Crippen LogP contribution >= 0.6 is 0 Å². The van der Waals surface area contributed by atoms with Gasteiger partial charge in [0.2, 0.25) is 0 Å². The van der Waals surface area contributed by atoms with Crippen LogP contribution in [0.25, 0.3) is 11.1 Å². The zero-order valence-corrected chi connectivity index (χ0v) is 10.3. The van der Waals surface area contributed by atoms with Crippen LogP contribution in [-0.4, -0.2) is 16.1 Å². The molecule has 0 radical (unpaired) electrons. The van der Waals surface area contributed by atoms with E-state index in [1.807, 2.05) is 0 Å². The zero-order chi connectivity index (χ0) is 13.4. The van der Waals surface area contributed by atoms with Crippen molar-refractivity contribution in [2.24, 2.45) is 5.92 Å². The predicted molar refractivity (Wildman–Crippen MR) is 66.3 cm³/mol. The van der Waals surface area contributed by atoms with E-state index in [-0.39, 0.29) is 11.7 Å². The van der Waals surface area contributed by atoms with E-state index >= 15 is 0 Å². The highest BCUT2D eigenvalue weighted by Gasteiger charge is 2.35. The number of benzene rings is 1. The van der Waals surface area contributed by atoms with Crippen LogP contribution in [0.4, 0.5) is 4.39 Å². The minimum atomic E-state index is -0.807. The van der Waals surface area contributed by atoms with Gasteiger partial charge in [0, 0.05) is 12.0 Å². The van der Waals surface area contributed by atoms with Gasteiger partial charge in [-0.3, -0.25) is 4.79 Å². The van der Waals surface area contributed by atoms with Crippen molar-refractivity contribution in [1.82, 2.24) is 4.98 Å². The maximum absolute atomic E-state index is 13.1. The number of rotatable bonds is 2. The van der Waals surface area contributed by atoms with Gasteiger partial charge in [-0.15, -0.1) is 0 Å². The van der Waals surface area contributed by atoms with Crippen molar-refractivity contribution in [3.63, 3.8) is 0 Å². The van der Waals surface area contributed by atoms with Crippen molar-refractivity contribution < 1.29 is 18.7 Å². The number of oxazole rings is 1. The fourth-order valence-electron chi connectivity index (χ4n) is 2.80. The van der Waals surface area contributed by atoms with Gasteiger partial charge in [0.1, 0.15) is 11.3 Å². The highest BCUT2D eigenvalue weighted by atomic mass is 19.1. The first kappa shape index (κ1) is 12.1. The van der Waals surface area contributed by atoms with Crippen molar-refractivity contribution >= 4 is 17.1 Å². The lowest BCUT2D eigenvalue weighted by molar-refractivity contribution is -0.143. The van der Waals surface area contributed by atoms with E-state index in [9.17, 15) is 14.3 Å². The molecule has 2 atom stereocenters. The monoisotopic (exact) mass is 263 g/mol. The van der Waals surface area contributed by atoms with E-state index in [1.54, 1.807) is 0 Å². The molecule has 100 valence electrons. The Balaban J connectivity index is 1.99. The summed E-state index contributed by atoms with van der Waals surface area (Å²) in [5.74, 6) is -1.41. The van der Waals surface area contributed by atoms with E-state index in [0.29, 0.717) is 23.4 Å². The molecule has 5 heteroatoms. The predicted octanol–water partition coefficient (Wildman–Crippen LogP) is 3.33. The molecule has 1 heterocycles. The van der Waals surface area contributed by atoms with Crippen molar-refractivity contribution in [1.29, 1.82) is 0 Å². The number of nitrogens with zero attached hydrogens (tertiary/aromatic N) is 1. The van der Waals surface area contributed by atoms with Crippen LogP contribution in [0.5, 0.6) is 0 Å². The van der Waals surface area contributed by atoms with Crippen molar-refractivity contribution in [2.75, 3.05) is 0 Å². The number of carboxylic acids is 1. The van der Waals surface area contributed by atoms with Gasteiger partial charge < -0.3 is 9.52 Å². The van der Waals surface area contributed by atoms with E-state index in [1.165, 1.54) is 18.2 Å². The Morgan fingerprint density at radius 2 is 2.16 bits per heavy atom. The fraction of sp³-hybridized carbons (Fsp3) is 0.429. The van der Waals surface area contributed by atoms with Gasteiger partial charge in [-0.2, -0.15) is 0 Å². The molecule has 19 heavy (non-hydrogen) atoms. The summed E-state index contributed by atoms with van der Waals surface area (Å²) < 4.78 is 18.7. The second kappa shape index (κ2) is 4.64. The Morgan fingerprint density at radius 1 is 1.37 bits per heavy atom. The third-order valence-electron chi connectivity index (χ3n) is 3.77. The maximum Gasteiger partial charge on any atom is 0.307 e. The standard InChI is InChI=1S/C14H14FNO3/c15-8-5-6-12-11(7-8)16-13(19-12)9-3-1-2-4-10(9)14(17)18/h5-7,9-10H,1-4H2,(H,17,18). The minimum absolute atomic E-state index is 0.207. The van der Waals surface area contributed by atoms with Gasteiger partial charge in [-0.25, -0.2) is 9.37 Å². The van der Waals surface area contributed by atoms with Crippen LogP contribution in [-0.2, 0) is 4.79 Å². The Morgan fingerprint density at radius 3 is 2.95 bits per heavy atom. The first-order valence-electron chi connectivity index (χ1n) is 6.44. The third kappa shape index (κ3) is 2.20. The first-order valence-corrected chi connectivity index (χ1v) is 6.44. The average Bonchev–Trinajstić information content (AvgIpc) is 2.81. The molecule has 2 aromatic rings. The molecule has 3 rings (SSSR count). The lowest BCUT2D eigenvalue weighted by atomic mass is 9.79. The molecule has 0 bridgehead atoms. The van der Waals surface area contributed by atoms with Crippen LogP contribution in [0.3, 0.4) is 0 Å². The molecular formula is C14H14FNO3. The summed E-state index contributed by atoms with van der Waals surface area (Å²) in [6, 6.07) is 4.15. The SMILES string of the molecule is O=C(O)C1CCCCC1c1nc2cc(F)ccc2o1. The van der Waals surface area contributed by atoms with E-state index in [2.05, 4.69) is 4.98 Å². The number of hydrogen-bond acceptors (Lipinski definition) is 3. The molecule has 1 N–H and O–H groups in total. The molecule has 0 saturated heterocycles. The Hall–Kier alpha value is -1.91. The summed E-state index contributed by atoms with van der Waals surface area (Å²) in [6.07, 6.45) is 3.29. The van der Waals surface area contributed by atoms with Gasteiger partial charge in [-0.05, 0) is 25.0 Å². The van der Waals surface area contributed by atoms with Gasteiger partial charge in [0.25, 0.3) is 0 Å². The number of aliphatic carboxylic acids is 1. The van der Waals surface area contributed by atoms with E-state index in [0.717, 1.165) is 19.3 Å². The number of halogens is 1. The van der Waals surface area contributed by atoms with Gasteiger partial charge >= 0.3 is 5.97 Å². The van der Waals surface area contributed by atoms with Crippen LogP contribution < -0.4 is 0 Å². The van der Waals surface area contributed by atoms with Crippen molar-refractivity contribution in [3.8, 4) is 0 Å². The van der Waals surface area contributed by atoms with E-state index < -0.39 is 11.9 Å². The van der Waals surface area contributed by atoms with Gasteiger partial charge in [0.15, 0.2) is 11.5 Å². The normalized spacial score (nSPS) is 23.6. The highest BCUT2D eigenvalue weighted by Crippen LogP contribution is 2.38. The lowest BCUT2D eigenvalue weighted by Crippen LogP contribution is -2.25. The molecule has 1 aliphatic carbocycles. The summed E-state index contributed by atoms with van der Waals surface area (Å²) in [6.45, 7) is 0. The number of carbonyl (C=O) groups is 1. The topological polar surface area (TPSA) is 63.3 Å². The molecule has 0 amide bonds. The first-order chi connectivity index (χ1) is 9.15. The summed E-state index contributed by atoms with van der Waals surface area (Å²) in [7, 11) is 0. The molecule has 1 aromatic carbocycles. The molecule has 0 spiro atoms. The summed E-state index contributed by atoms with van der Waals surface area (Å²) in [5.41, 5.74) is 0.954. The largest absolute Gasteiger partial charge is 0.481 e. The zero-order valence-electron chi connectivity index (χ0n) is 10.3. The Labute approximate surface area is 109 Å². The molecule has 1 aliphatic rings. The average molecular weight is 263 g/mol. The fourth-order valence-corrected chi connectivity index (χ4v) is 2.80. The maximum atomic E-state index is 13.1. The Kier molecular flexibility index (Phi) is 2.97. The number of aromatic nitrogens is 1. The van der Waals surface area contributed by atoms with E-state index in [4.69, 9.17) is 4.42 Å². The second-order valence-corrected chi connectivity index (χ2v) is 5.00. The number of fused-ring (bicyclic) bond motifs is 1. The highest BCUT2D eigenvalue weighted by molar-refractivity contribution is 5.74. The lowest BCUT2D eigenvalue weighted by Gasteiger charge is -2.25. The minimum Gasteiger partial charge on any atom is -0.481 e. The van der Waals surface area contributed by atoms with Gasteiger partial charge in [0.05, 0.1) is 5.92 Å². The molecule has 0 aliphatic heterocycles. The van der Waals surface area contributed by atoms with Crippen LogP contribution in [0.2, 0.25) is 0 Å². The third-order valence-corrected chi connectivity index (χ3v) is 3.77. The van der Waals surface area contributed by atoms with Crippen molar-refractivity contribution in [3.05, 3.63) is 29.9 Å². The molecule has 1 saturated carbocycles. The second-order valence-electron chi connectivity index (χ2n) is 5.00. The van der Waals surface area contributed by atoms with Crippen LogP contribution in [0.15, 0.2) is 22.6 Å². The molecule has 4 nitrogen and oxygen atoms in total. The molecule has 1 fully saturated rings. The molecule has 1 aromatic heterocycles.